The van der Waals surface area contributed by atoms with Crippen molar-refractivity contribution in [2.45, 2.75) is 65.3 Å². The molecule has 0 radical (unpaired) electrons. The van der Waals surface area contributed by atoms with Crippen LogP contribution in [0.1, 0.15) is 57.0 Å². The summed E-state index contributed by atoms with van der Waals surface area (Å²) in [6.45, 7) is 15.1. The minimum atomic E-state index is -1.99. The molecule has 1 atom stereocenters. The lowest BCUT2D eigenvalue weighted by atomic mass is 10.1. The van der Waals surface area contributed by atoms with Gasteiger partial charge >= 0.3 is 5.97 Å². The highest BCUT2D eigenvalue weighted by Gasteiger charge is 2.38. The van der Waals surface area contributed by atoms with E-state index in [0.29, 0.717) is 24.2 Å². The van der Waals surface area contributed by atoms with Gasteiger partial charge in [-0.3, -0.25) is 0 Å². The van der Waals surface area contributed by atoms with Gasteiger partial charge in [-0.1, -0.05) is 39.8 Å². The lowest BCUT2D eigenvalue weighted by molar-refractivity contribution is 0.0511. The Morgan fingerprint density at radius 2 is 1.94 bits per heavy atom. The molecule has 33 heavy (non-hydrogen) atoms. The number of ether oxygens (including phenoxy) is 2. The van der Waals surface area contributed by atoms with E-state index in [2.05, 4.69) is 49.9 Å². The number of nitrogens with zero attached hydrogens (tertiary/aromatic N) is 3. The largest absolute Gasteiger partial charge is 0.471 e. The predicted molar refractivity (Wildman–Crippen MR) is 130 cm³/mol. The molecule has 2 N–H and O–H groups in total. The van der Waals surface area contributed by atoms with Gasteiger partial charge in [0.25, 0.3) is 0 Å². The summed E-state index contributed by atoms with van der Waals surface area (Å²) in [5.74, 6) is -0.393. The molecule has 8 nitrogen and oxygen atoms in total. The molecule has 1 heterocycles. The zero-order valence-corrected chi connectivity index (χ0v) is 21.6. The Labute approximate surface area is 197 Å². The second-order valence-corrected chi connectivity index (χ2v) is 14.1. The van der Waals surface area contributed by atoms with Gasteiger partial charge in [0.05, 0.1) is 24.8 Å². The van der Waals surface area contributed by atoms with Gasteiger partial charge in [-0.05, 0) is 43.6 Å². The molecular weight excluding hydrogens is 436 g/mol. The number of rotatable bonds is 9. The summed E-state index contributed by atoms with van der Waals surface area (Å²) in [7, 11) is -1.99. The van der Waals surface area contributed by atoms with Crippen LogP contribution in [0.25, 0.3) is 11.4 Å². The van der Waals surface area contributed by atoms with Gasteiger partial charge in [0, 0.05) is 5.56 Å². The molecular formula is C24H34N4O4Si. The van der Waals surface area contributed by atoms with Crippen molar-refractivity contribution in [3.63, 3.8) is 0 Å². The first-order valence-corrected chi connectivity index (χ1v) is 14.0. The van der Waals surface area contributed by atoms with E-state index in [1.807, 2.05) is 6.92 Å². The summed E-state index contributed by atoms with van der Waals surface area (Å²) >= 11 is 0. The Bertz CT molecular complexity index is 1030. The highest BCUT2D eigenvalue weighted by atomic mass is 28.4. The number of anilines is 1. The average molecular weight is 471 g/mol. The van der Waals surface area contributed by atoms with Crippen LogP contribution in [0.5, 0.6) is 5.88 Å². The SMILES string of the molecule is CCOC(=O)c1c(N)nc(-c2cccc(C#N)c2)nc1O[C@H](CC)CO[Si](C)(C)C(C)(C)C. The zero-order valence-electron chi connectivity index (χ0n) is 20.6. The van der Waals surface area contributed by atoms with E-state index in [1.54, 1.807) is 31.2 Å². The smallest absolute Gasteiger partial charge is 0.347 e. The molecule has 0 fully saturated rings. The van der Waals surface area contributed by atoms with E-state index in [4.69, 9.17) is 19.6 Å². The number of esters is 1. The molecule has 1 aromatic heterocycles. The van der Waals surface area contributed by atoms with Crippen molar-refractivity contribution in [2.24, 2.45) is 0 Å². The Hall–Kier alpha value is -2.96. The van der Waals surface area contributed by atoms with E-state index in [-0.39, 0.29) is 40.8 Å². The number of aromatic nitrogens is 2. The normalized spacial score (nSPS) is 12.7. The van der Waals surface area contributed by atoms with Crippen molar-refractivity contribution in [3.05, 3.63) is 35.4 Å². The fourth-order valence-corrected chi connectivity index (χ4v) is 3.74. The Morgan fingerprint density at radius 3 is 2.52 bits per heavy atom. The lowest BCUT2D eigenvalue weighted by Crippen LogP contribution is -2.43. The number of nitriles is 1. The van der Waals surface area contributed by atoms with E-state index in [0.717, 1.165) is 0 Å². The molecule has 0 amide bonds. The second-order valence-electron chi connectivity index (χ2n) is 9.25. The maximum absolute atomic E-state index is 12.6. The summed E-state index contributed by atoms with van der Waals surface area (Å²) in [4.78, 5) is 21.4. The molecule has 0 aliphatic carbocycles. The van der Waals surface area contributed by atoms with Crippen LogP contribution in [0.15, 0.2) is 24.3 Å². The molecule has 1 aromatic carbocycles. The van der Waals surface area contributed by atoms with Crippen LogP contribution < -0.4 is 10.5 Å². The maximum atomic E-state index is 12.6. The summed E-state index contributed by atoms with van der Waals surface area (Å²) < 4.78 is 17.7. The van der Waals surface area contributed by atoms with Gasteiger partial charge < -0.3 is 19.6 Å². The number of benzene rings is 1. The first-order valence-electron chi connectivity index (χ1n) is 11.1. The molecule has 0 unspecified atom stereocenters. The van der Waals surface area contributed by atoms with E-state index in [9.17, 15) is 10.1 Å². The van der Waals surface area contributed by atoms with Crippen molar-refractivity contribution in [3.8, 4) is 23.3 Å². The maximum Gasteiger partial charge on any atom is 0.347 e. The zero-order chi connectivity index (χ0) is 24.8. The number of hydrogen-bond acceptors (Lipinski definition) is 8. The van der Waals surface area contributed by atoms with Gasteiger partial charge in [-0.2, -0.15) is 10.2 Å². The van der Waals surface area contributed by atoms with E-state index in [1.165, 1.54) is 0 Å². The molecule has 0 saturated carbocycles. The Kier molecular flexibility index (Phi) is 8.58. The quantitative estimate of drug-likeness (QED) is 0.403. The standard InChI is InChI=1S/C24H34N4O4Si/c1-8-18(15-31-33(6,7)24(3,4)5)32-22-19(23(29)30-9-2)20(26)27-21(28-22)17-12-10-11-16(13-17)14-25/h10-13,18H,8-9,15H2,1-7H3,(H2,26,27,28)/t18-/m1/s1. The molecule has 9 heteroatoms. The van der Waals surface area contributed by atoms with E-state index >= 15 is 0 Å². The van der Waals surface area contributed by atoms with Crippen LogP contribution in [-0.2, 0) is 9.16 Å². The average Bonchev–Trinajstić information content (AvgIpc) is 2.75. The first kappa shape index (κ1) is 26.3. The third kappa shape index (κ3) is 6.52. The topological polar surface area (TPSA) is 120 Å². The van der Waals surface area contributed by atoms with Crippen molar-refractivity contribution in [2.75, 3.05) is 18.9 Å². The minimum absolute atomic E-state index is 0.0113. The molecule has 0 bridgehead atoms. The summed E-state index contributed by atoms with van der Waals surface area (Å²) in [6, 6.07) is 8.92. The van der Waals surface area contributed by atoms with Crippen molar-refractivity contribution < 1.29 is 18.7 Å². The molecule has 0 spiro atoms. The summed E-state index contributed by atoms with van der Waals surface area (Å²) in [5.41, 5.74) is 7.19. The van der Waals surface area contributed by atoms with Gasteiger partial charge in [-0.15, -0.1) is 0 Å². The van der Waals surface area contributed by atoms with Crippen molar-refractivity contribution in [1.82, 2.24) is 9.97 Å². The van der Waals surface area contributed by atoms with Crippen LogP contribution in [-0.4, -0.2) is 43.6 Å². The highest BCUT2D eigenvalue weighted by molar-refractivity contribution is 6.74. The van der Waals surface area contributed by atoms with Crippen molar-refractivity contribution >= 4 is 20.1 Å². The third-order valence-electron chi connectivity index (χ3n) is 5.80. The second kappa shape index (κ2) is 10.8. The number of carbonyl (C=O) groups excluding carboxylic acids is 1. The number of carbonyl (C=O) groups is 1. The van der Waals surface area contributed by atoms with Crippen LogP contribution in [0, 0.1) is 11.3 Å². The fraction of sp³-hybridized carbons (Fsp3) is 0.500. The van der Waals surface area contributed by atoms with Crippen LogP contribution >= 0.6 is 0 Å². The van der Waals surface area contributed by atoms with Crippen LogP contribution in [0.2, 0.25) is 18.1 Å². The summed E-state index contributed by atoms with van der Waals surface area (Å²) in [5, 5.41) is 9.27. The third-order valence-corrected chi connectivity index (χ3v) is 10.3. The fourth-order valence-electron chi connectivity index (χ4n) is 2.70. The number of hydrogen-bond donors (Lipinski definition) is 1. The predicted octanol–water partition coefficient (Wildman–Crippen LogP) is 4.95. The summed E-state index contributed by atoms with van der Waals surface area (Å²) in [6.07, 6.45) is 0.292. The molecule has 0 aliphatic heterocycles. The van der Waals surface area contributed by atoms with Gasteiger partial charge in [0.1, 0.15) is 11.9 Å². The number of nitrogens with two attached hydrogens (primary N) is 1. The lowest BCUT2D eigenvalue weighted by Gasteiger charge is -2.37. The molecule has 2 aromatic rings. The monoisotopic (exact) mass is 470 g/mol. The Balaban J connectivity index is 2.45. The number of nitrogen functional groups attached to an aromatic ring is 1. The van der Waals surface area contributed by atoms with Crippen LogP contribution in [0.4, 0.5) is 5.82 Å². The molecule has 0 saturated heterocycles. The molecule has 178 valence electrons. The Morgan fingerprint density at radius 1 is 1.24 bits per heavy atom. The highest BCUT2D eigenvalue weighted by Crippen LogP contribution is 2.37. The van der Waals surface area contributed by atoms with Gasteiger partial charge in [0.2, 0.25) is 5.88 Å². The first-order chi connectivity index (χ1) is 15.4. The van der Waals surface area contributed by atoms with E-state index < -0.39 is 14.3 Å². The molecule has 2 rings (SSSR count). The van der Waals surface area contributed by atoms with Crippen molar-refractivity contribution in [1.29, 1.82) is 5.26 Å². The van der Waals surface area contributed by atoms with Gasteiger partial charge in [0.15, 0.2) is 19.7 Å². The van der Waals surface area contributed by atoms with Gasteiger partial charge in [-0.25, -0.2) is 9.78 Å². The molecule has 0 aliphatic rings. The van der Waals surface area contributed by atoms with Crippen LogP contribution in [0.3, 0.4) is 0 Å². The minimum Gasteiger partial charge on any atom is -0.471 e.